The van der Waals surface area contributed by atoms with Crippen molar-refractivity contribution in [2.24, 2.45) is 0 Å². The van der Waals surface area contributed by atoms with Crippen molar-refractivity contribution in [2.75, 3.05) is 0 Å². The summed E-state index contributed by atoms with van der Waals surface area (Å²) in [6, 6.07) is 5.42. The fraction of sp³-hybridized carbons (Fsp3) is 0. The van der Waals surface area contributed by atoms with Crippen molar-refractivity contribution in [3.05, 3.63) is 29.8 Å². The van der Waals surface area contributed by atoms with E-state index in [0.717, 1.165) is 0 Å². The number of nitrogens with zero attached hydrogens (tertiary/aromatic N) is 1. The predicted octanol–water partition coefficient (Wildman–Crippen LogP) is 2.02. The molecule has 1 aromatic carbocycles. The molecule has 0 aromatic heterocycles. The zero-order valence-corrected chi connectivity index (χ0v) is 9.01. The molecule has 1 rings (SSSR count). The number of halogens is 2. The lowest BCUT2D eigenvalue weighted by atomic mass is 10.2. The van der Waals surface area contributed by atoms with Crippen molar-refractivity contribution in [1.82, 2.24) is 3.34 Å². The number of carboxylic acid groups (broad SMARTS) is 1. The van der Waals surface area contributed by atoms with Crippen molar-refractivity contribution in [1.29, 1.82) is 0 Å². The van der Waals surface area contributed by atoms with Gasteiger partial charge in [0.2, 0.25) is 0 Å². The molecule has 0 saturated heterocycles. The fourth-order valence-electron chi connectivity index (χ4n) is 0.794. The summed E-state index contributed by atoms with van der Waals surface area (Å²) in [5, 5.41) is 8.59. The maximum Gasteiger partial charge on any atom is 0.335 e. The molecule has 7 heteroatoms. The van der Waals surface area contributed by atoms with Crippen molar-refractivity contribution in [2.45, 2.75) is 4.90 Å². The van der Waals surface area contributed by atoms with E-state index in [-0.39, 0.29) is 5.56 Å². The average Bonchev–Trinajstić information content (AvgIpc) is 2.16. The van der Waals surface area contributed by atoms with Crippen LogP contribution in [0, 0.1) is 0 Å². The highest BCUT2D eigenvalue weighted by molar-refractivity contribution is 7.91. The van der Waals surface area contributed by atoms with Gasteiger partial charge in [0, 0.05) is 0 Å². The Morgan fingerprint density at radius 3 is 2.21 bits per heavy atom. The van der Waals surface area contributed by atoms with E-state index in [1.54, 1.807) is 0 Å². The molecule has 76 valence electrons. The minimum absolute atomic E-state index is 0.112. The van der Waals surface area contributed by atoms with Crippen LogP contribution < -0.4 is 0 Å². The van der Waals surface area contributed by atoms with Crippen molar-refractivity contribution in [3.8, 4) is 0 Å². The van der Waals surface area contributed by atoms with Crippen LogP contribution >= 0.6 is 23.6 Å². The molecule has 0 saturated carbocycles. The predicted molar refractivity (Wildman–Crippen MR) is 53.4 cm³/mol. The molecular formula is C7H5Cl2NO3S. The van der Waals surface area contributed by atoms with Gasteiger partial charge in [-0.15, -0.1) is 0 Å². The highest BCUT2D eigenvalue weighted by Gasteiger charge is 2.18. The van der Waals surface area contributed by atoms with E-state index in [2.05, 4.69) is 0 Å². The van der Waals surface area contributed by atoms with E-state index >= 15 is 0 Å². The summed E-state index contributed by atoms with van der Waals surface area (Å²) < 4.78 is 11.7. The maximum atomic E-state index is 11.3. The van der Waals surface area contributed by atoms with Gasteiger partial charge >= 0.3 is 5.97 Å². The number of hydrogen-bond acceptors (Lipinski definition) is 3. The topological polar surface area (TPSA) is 63.6 Å². The molecule has 14 heavy (non-hydrogen) atoms. The van der Waals surface area contributed by atoms with Crippen LogP contribution in [0.1, 0.15) is 10.4 Å². The van der Waals surface area contributed by atoms with Crippen LogP contribution in [0.3, 0.4) is 0 Å². The normalized spacial score (nSPS) is 12.9. The van der Waals surface area contributed by atoms with E-state index in [1.807, 2.05) is 0 Å². The lowest BCUT2D eigenvalue weighted by molar-refractivity contribution is 0.0697. The quantitative estimate of drug-likeness (QED) is 0.662. The van der Waals surface area contributed by atoms with Crippen molar-refractivity contribution in [3.63, 3.8) is 0 Å². The Morgan fingerprint density at radius 1 is 1.36 bits per heavy atom. The first-order valence-electron chi connectivity index (χ1n) is 3.39. The van der Waals surface area contributed by atoms with Crippen molar-refractivity contribution < 1.29 is 14.5 Å². The van der Waals surface area contributed by atoms with Gasteiger partial charge in [-0.2, -0.15) is 0 Å². The smallest absolute Gasteiger partial charge is 0.335 e. The SMILES string of the molecule is O=C(O)c1ccc([S+]([O-])N(Cl)Cl)cc1. The lowest BCUT2D eigenvalue weighted by Crippen LogP contribution is -2.12. The summed E-state index contributed by atoms with van der Waals surface area (Å²) in [7, 11) is 0. The summed E-state index contributed by atoms with van der Waals surface area (Å²) in [6.07, 6.45) is 0. The lowest BCUT2D eigenvalue weighted by Gasteiger charge is -2.09. The van der Waals surface area contributed by atoms with E-state index in [4.69, 9.17) is 28.7 Å². The summed E-state index contributed by atoms with van der Waals surface area (Å²) in [5.41, 5.74) is 0.112. The molecular weight excluding hydrogens is 249 g/mol. The first-order valence-corrected chi connectivity index (χ1v) is 5.17. The van der Waals surface area contributed by atoms with Gasteiger partial charge in [0.1, 0.15) is 11.4 Å². The molecule has 0 spiro atoms. The number of carbonyl (C=O) groups is 1. The number of benzene rings is 1. The third kappa shape index (κ3) is 2.76. The van der Waals surface area contributed by atoms with E-state index in [9.17, 15) is 9.35 Å². The molecule has 0 aliphatic rings. The van der Waals surface area contributed by atoms with Gasteiger partial charge in [0.25, 0.3) is 0 Å². The highest BCUT2D eigenvalue weighted by atomic mass is 35.5. The van der Waals surface area contributed by atoms with Gasteiger partial charge in [-0.1, -0.05) is 0 Å². The van der Waals surface area contributed by atoms with Crippen LogP contribution in [0.15, 0.2) is 29.2 Å². The van der Waals surface area contributed by atoms with Gasteiger partial charge in [-0.3, -0.25) is 0 Å². The number of aromatic carboxylic acids is 1. The maximum absolute atomic E-state index is 11.3. The minimum Gasteiger partial charge on any atom is -0.591 e. The van der Waals surface area contributed by atoms with Crippen LogP contribution in [0.4, 0.5) is 0 Å². The van der Waals surface area contributed by atoms with Crippen LogP contribution in [-0.4, -0.2) is 19.0 Å². The second-order valence-corrected chi connectivity index (χ2v) is 4.87. The Labute approximate surface area is 93.6 Å². The standard InChI is InChI=1S/C7H5Cl2NO3S/c8-10(9)14(13)6-3-1-5(2-4-6)7(11)12/h1-4H,(H,11,12). The number of hydrogen-bond donors (Lipinski definition) is 1. The minimum atomic E-state index is -1.69. The zero-order chi connectivity index (χ0) is 10.7. The van der Waals surface area contributed by atoms with Gasteiger partial charge in [0.05, 0.1) is 32.5 Å². The van der Waals surface area contributed by atoms with Gasteiger partial charge in [-0.05, 0) is 24.3 Å². The molecule has 0 bridgehead atoms. The van der Waals surface area contributed by atoms with Crippen LogP contribution in [0.2, 0.25) is 0 Å². The van der Waals surface area contributed by atoms with E-state index < -0.39 is 17.3 Å². The summed E-state index contributed by atoms with van der Waals surface area (Å²) in [4.78, 5) is 10.8. The van der Waals surface area contributed by atoms with Gasteiger partial charge in [0.15, 0.2) is 4.90 Å². The molecule has 0 amide bonds. The molecule has 1 N–H and O–H groups in total. The number of rotatable bonds is 3. The van der Waals surface area contributed by atoms with E-state index in [0.29, 0.717) is 8.24 Å². The van der Waals surface area contributed by atoms with Gasteiger partial charge < -0.3 is 9.66 Å². The summed E-state index contributed by atoms with van der Waals surface area (Å²) in [6.45, 7) is 0. The average molecular weight is 254 g/mol. The zero-order valence-electron chi connectivity index (χ0n) is 6.68. The molecule has 1 aromatic rings. The second-order valence-electron chi connectivity index (χ2n) is 2.28. The Kier molecular flexibility index (Phi) is 4.03. The summed E-state index contributed by atoms with van der Waals surface area (Å²) >= 11 is 8.81. The molecule has 0 fully saturated rings. The molecule has 1 unspecified atom stereocenters. The fourth-order valence-corrected chi connectivity index (χ4v) is 1.80. The highest BCUT2D eigenvalue weighted by Crippen LogP contribution is 2.19. The van der Waals surface area contributed by atoms with Gasteiger partial charge in [-0.25, -0.2) is 4.79 Å². The Bertz CT molecular complexity index is 330. The Morgan fingerprint density at radius 2 is 1.86 bits per heavy atom. The Hall–Kier alpha value is -0.460. The van der Waals surface area contributed by atoms with Crippen LogP contribution in [0.5, 0.6) is 0 Å². The van der Waals surface area contributed by atoms with Crippen molar-refractivity contribution >= 4 is 40.9 Å². The molecule has 0 aliphatic heterocycles. The Balaban J connectivity index is 2.88. The molecule has 0 heterocycles. The first kappa shape index (κ1) is 11.6. The third-order valence-electron chi connectivity index (χ3n) is 1.43. The molecule has 0 radical (unpaired) electrons. The monoisotopic (exact) mass is 253 g/mol. The van der Waals surface area contributed by atoms with E-state index in [1.165, 1.54) is 24.3 Å². The molecule has 4 nitrogen and oxygen atoms in total. The van der Waals surface area contributed by atoms with Crippen LogP contribution in [0.25, 0.3) is 0 Å². The first-order chi connectivity index (χ1) is 6.52. The number of carboxylic acids is 1. The largest absolute Gasteiger partial charge is 0.591 e. The second kappa shape index (κ2) is 4.86. The third-order valence-corrected chi connectivity index (χ3v) is 3.11. The molecule has 1 atom stereocenters. The summed E-state index contributed by atoms with van der Waals surface area (Å²) in [5.74, 6) is -1.05. The van der Waals surface area contributed by atoms with Crippen LogP contribution in [-0.2, 0) is 11.4 Å². The molecule has 0 aliphatic carbocycles.